The number of fused-ring (bicyclic) bond motifs is 3. The Morgan fingerprint density at radius 3 is 2.42 bits per heavy atom. The van der Waals surface area contributed by atoms with Gasteiger partial charge in [-0.05, 0) is 78.3 Å². The van der Waals surface area contributed by atoms with Gasteiger partial charge >= 0.3 is 0 Å². The van der Waals surface area contributed by atoms with E-state index in [9.17, 15) is 4.79 Å². The molecule has 0 spiro atoms. The second-order valence-corrected chi connectivity index (χ2v) is 6.29. The van der Waals surface area contributed by atoms with Crippen LogP contribution in [0.1, 0.15) is 34.7 Å². The predicted molar refractivity (Wildman–Crippen MR) is 96.0 cm³/mol. The molecule has 0 saturated carbocycles. The van der Waals surface area contributed by atoms with E-state index < -0.39 is 0 Å². The third-order valence-electron chi connectivity index (χ3n) is 5.01. The van der Waals surface area contributed by atoms with E-state index in [-0.39, 0.29) is 11.5 Å². The van der Waals surface area contributed by atoms with E-state index in [2.05, 4.69) is 19.9 Å². The highest BCUT2D eigenvalue weighted by Crippen LogP contribution is 2.41. The van der Waals surface area contributed by atoms with E-state index in [1.807, 2.05) is 6.07 Å². The van der Waals surface area contributed by atoms with Gasteiger partial charge in [0.15, 0.2) is 5.75 Å². The number of ether oxygens (including phenoxy) is 2. The zero-order valence-corrected chi connectivity index (χ0v) is 14.6. The van der Waals surface area contributed by atoms with Gasteiger partial charge in [-0.1, -0.05) is 6.07 Å². The molecule has 4 heteroatoms. The Balaban J connectivity index is 2.40. The van der Waals surface area contributed by atoms with Gasteiger partial charge < -0.3 is 15.2 Å². The maximum Gasteiger partial charge on any atom is 0.220 e. The highest BCUT2D eigenvalue weighted by Gasteiger charge is 2.23. The molecule has 2 N–H and O–H groups in total. The molecule has 24 heavy (non-hydrogen) atoms. The van der Waals surface area contributed by atoms with Crippen LogP contribution < -0.4 is 20.6 Å². The van der Waals surface area contributed by atoms with Crippen molar-refractivity contribution < 1.29 is 9.47 Å². The summed E-state index contributed by atoms with van der Waals surface area (Å²) >= 11 is 0. The predicted octanol–water partition coefficient (Wildman–Crippen LogP) is 3.29. The number of nitrogens with two attached hydrogens (primary N) is 1. The van der Waals surface area contributed by atoms with Crippen molar-refractivity contribution in [2.45, 2.75) is 32.7 Å². The third kappa shape index (κ3) is 2.57. The molecule has 3 rings (SSSR count). The van der Waals surface area contributed by atoms with Crippen molar-refractivity contribution in [2.75, 3.05) is 14.2 Å². The van der Waals surface area contributed by atoms with E-state index in [1.54, 1.807) is 19.2 Å². The molecule has 0 amide bonds. The normalized spacial score (nSPS) is 16.0. The van der Waals surface area contributed by atoms with E-state index in [0.717, 1.165) is 46.4 Å². The van der Waals surface area contributed by atoms with E-state index in [4.69, 9.17) is 15.2 Å². The zero-order valence-electron chi connectivity index (χ0n) is 14.6. The second-order valence-electron chi connectivity index (χ2n) is 6.29. The number of hydrogen-bond acceptors (Lipinski definition) is 4. The van der Waals surface area contributed by atoms with Gasteiger partial charge in [-0.3, -0.25) is 4.79 Å². The molecule has 4 nitrogen and oxygen atoms in total. The molecular formula is C20H23NO3. The minimum atomic E-state index is -0.178. The summed E-state index contributed by atoms with van der Waals surface area (Å²) in [5.41, 5.74) is 12.8. The maximum absolute atomic E-state index is 12.3. The van der Waals surface area contributed by atoms with Gasteiger partial charge in [0.05, 0.1) is 14.2 Å². The Hall–Kier alpha value is -2.33. The molecule has 0 heterocycles. The lowest BCUT2D eigenvalue weighted by atomic mass is 9.90. The molecule has 1 aliphatic carbocycles. The summed E-state index contributed by atoms with van der Waals surface area (Å²) in [5, 5.41) is 0. The molecule has 2 aromatic rings. The van der Waals surface area contributed by atoms with Crippen LogP contribution in [0.25, 0.3) is 11.1 Å². The van der Waals surface area contributed by atoms with Crippen molar-refractivity contribution in [3.8, 4) is 22.6 Å². The number of aryl methyl sites for hydroxylation is 1. The van der Waals surface area contributed by atoms with Crippen molar-refractivity contribution in [1.82, 2.24) is 0 Å². The molecule has 0 fully saturated rings. The van der Waals surface area contributed by atoms with E-state index in [1.165, 1.54) is 12.7 Å². The number of hydrogen-bond donors (Lipinski definition) is 1. The van der Waals surface area contributed by atoms with Crippen molar-refractivity contribution >= 4 is 0 Å². The Morgan fingerprint density at radius 1 is 1.04 bits per heavy atom. The first-order valence-corrected chi connectivity index (χ1v) is 8.13. The fraction of sp³-hybridized carbons (Fsp3) is 0.350. The van der Waals surface area contributed by atoms with Gasteiger partial charge in [0.2, 0.25) is 5.43 Å². The Bertz CT molecular complexity index is 858. The van der Waals surface area contributed by atoms with Crippen LogP contribution in [-0.4, -0.2) is 14.2 Å². The molecule has 0 unspecified atom stereocenters. The summed E-state index contributed by atoms with van der Waals surface area (Å²) in [4.78, 5) is 12.3. The lowest BCUT2D eigenvalue weighted by Gasteiger charge is -2.17. The van der Waals surface area contributed by atoms with Gasteiger partial charge in [-0.2, -0.15) is 0 Å². The minimum absolute atomic E-state index is 0.138. The topological polar surface area (TPSA) is 61.5 Å². The Morgan fingerprint density at radius 2 is 1.75 bits per heavy atom. The first-order valence-electron chi connectivity index (χ1n) is 8.13. The van der Waals surface area contributed by atoms with Crippen LogP contribution in [0.3, 0.4) is 0 Å². The largest absolute Gasteiger partial charge is 0.496 e. The van der Waals surface area contributed by atoms with E-state index in [0.29, 0.717) is 5.75 Å². The summed E-state index contributed by atoms with van der Waals surface area (Å²) in [6.07, 6.45) is 1.65. The minimum Gasteiger partial charge on any atom is -0.496 e. The molecule has 1 aliphatic rings. The summed E-state index contributed by atoms with van der Waals surface area (Å²) < 4.78 is 10.7. The molecule has 0 aliphatic heterocycles. The quantitative estimate of drug-likeness (QED) is 0.920. The van der Waals surface area contributed by atoms with E-state index >= 15 is 0 Å². The van der Waals surface area contributed by atoms with Crippen molar-refractivity contribution in [3.63, 3.8) is 0 Å². The van der Waals surface area contributed by atoms with Crippen molar-refractivity contribution in [2.24, 2.45) is 5.73 Å². The first-order chi connectivity index (χ1) is 11.5. The van der Waals surface area contributed by atoms with Gasteiger partial charge in [0.25, 0.3) is 0 Å². The second kappa shape index (κ2) is 6.29. The highest BCUT2D eigenvalue weighted by molar-refractivity contribution is 5.77. The van der Waals surface area contributed by atoms with Crippen LogP contribution >= 0.6 is 0 Å². The molecular weight excluding hydrogens is 302 g/mol. The number of rotatable bonds is 2. The highest BCUT2D eigenvalue weighted by atomic mass is 16.5. The number of benzene rings is 1. The zero-order chi connectivity index (χ0) is 17.4. The summed E-state index contributed by atoms with van der Waals surface area (Å²) in [5.74, 6) is 1.23. The maximum atomic E-state index is 12.3. The smallest absolute Gasteiger partial charge is 0.220 e. The molecule has 126 valence electrons. The summed E-state index contributed by atoms with van der Waals surface area (Å²) in [6.45, 7) is 4.15. The fourth-order valence-electron chi connectivity index (χ4n) is 3.53. The molecule has 1 atom stereocenters. The van der Waals surface area contributed by atoms with Crippen LogP contribution in [0.5, 0.6) is 11.5 Å². The molecule has 0 aromatic heterocycles. The van der Waals surface area contributed by atoms with Crippen LogP contribution in [0, 0.1) is 13.8 Å². The molecule has 2 aromatic carbocycles. The Kier molecular flexibility index (Phi) is 4.33. The average molecular weight is 325 g/mol. The molecule has 0 saturated heterocycles. The van der Waals surface area contributed by atoms with Gasteiger partial charge in [0, 0.05) is 6.04 Å². The lowest BCUT2D eigenvalue weighted by molar-refractivity contribution is 0.410. The number of methoxy groups -OCH3 is 2. The monoisotopic (exact) mass is 325 g/mol. The van der Waals surface area contributed by atoms with Gasteiger partial charge in [-0.25, -0.2) is 0 Å². The van der Waals surface area contributed by atoms with Crippen LogP contribution in [-0.2, 0) is 6.42 Å². The molecule has 0 radical (unpaired) electrons. The van der Waals surface area contributed by atoms with Gasteiger partial charge in [-0.15, -0.1) is 0 Å². The summed E-state index contributed by atoms with van der Waals surface area (Å²) in [7, 11) is 3.20. The van der Waals surface area contributed by atoms with Gasteiger partial charge in [0.1, 0.15) is 5.75 Å². The van der Waals surface area contributed by atoms with Crippen LogP contribution in [0.2, 0.25) is 0 Å². The standard InChI is InChI=1S/C20H23NO3/c1-11-12(2)20-13(9-19(11)24-4)5-7-16(21)15-10-17(22)18(23-3)8-6-14(15)20/h6,8-10,16H,5,7,21H2,1-4H3/t16-/m0/s1. The summed E-state index contributed by atoms with van der Waals surface area (Å²) in [6, 6.07) is 7.25. The lowest BCUT2D eigenvalue weighted by Crippen LogP contribution is -2.12. The fourth-order valence-corrected chi connectivity index (χ4v) is 3.53. The van der Waals surface area contributed by atoms with Crippen molar-refractivity contribution in [3.05, 3.63) is 56.7 Å². The van der Waals surface area contributed by atoms with Crippen LogP contribution in [0.15, 0.2) is 29.1 Å². The SMILES string of the molecule is COc1cc2c(c(C)c1C)-c1ccc(OC)c(=O)cc1[C@@H](N)CC2. The molecule has 0 bridgehead atoms. The average Bonchev–Trinajstić information content (AvgIpc) is 2.81. The Labute approximate surface area is 142 Å². The third-order valence-corrected chi connectivity index (χ3v) is 5.01. The van der Waals surface area contributed by atoms with Crippen molar-refractivity contribution in [1.29, 1.82) is 0 Å². The first kappa shape index (κ1) is 16.5. The van der Waals surface area contributed by atoms with Crippen LogP contribution in [0.4, 0.5) is 0 Å².